The molecule has 12 rings (SSSR count). The minimum atomic E-state index is -2.93. The number of rotatable bonds is 7. The first-order chi connectivity index (χ1) is 30.8. The van der Waals surface area contributed by atoms with Crippen LogP contribution in [0.25, 0.3) is 87.6 Å². The van der Waals surface area contributed by atoms with Gasteiger partial charge < -0.3 is 4.42 Å². The smallest absolute Gasteiger partial charge is 0.180 e. The van der Waals surface area contributed by atoms with Crippen LogP contribution in [-0.4, -0.2) is 8.07 Å². The lowest BCUT2D eigenvalue weighted by molar-refractivity contribution is 0.669. The Balaban J connectivity index is 1.14. The Morgan fingerprint density at radius 1 is 0.290 bits per heavy atom. The van der Waals surface area contributed by atoms with Gasteiger partial charge in [-0.1, -0.05) is 224 Å². The Kier molecular flexibility index (Phi) is 8.58. The molecule has 2 heteroatoms. The normalized spacial score (nSPS) is 11.9. The largest absolute Gasteiger partial charge is 0.456 e. The number of hydrogen-bond donors (Lipinski definition) is 0. The van der Waals surface area contributed by atoms with E-state index in [0.717, 1.165) is 16.6 Å². The third-order valence-electron chi connectivity index (χ3n) is 13.0. The van der Waals surface area contributed by atoms with Gasteiger partial charge >= 0.3 is 0 Å². The highest BCUT2D eigenvalue weighted by atomic mass is 28.3. The lowest BCUT2D eigenvalue weighted by Crippen LogP contribution is -2.74. The van der Waals surface area contributed by atoms with Crippen molar-refractivity contribution in [3.05, 3.63) is 243 Å². The average Bonchev–Trinajstić information content (AvgIpc) is 3.74. The molecule has 0 aliphatic heterocycles. The molecule has 62 heavy (non-hydrogen) atoms. The Bertz CT molecular complexity index is 3450. The van der Waals surface area contributed by atoms with Crippen molar-refractivity contribution in [3.63, 3.8) is 0 Å². The van der Waals surface area contributed by atoms with E-state index in [0.29, 0.717) is 0 Å². The molecular formula is C60H40OSi. The summed E-state index contributed by atoms with van der Waals surface area (Å²) in [5.74, 6) is 0. The molecule has 0 bridgehead atoms. The molecule has 0 saturated carbocycles. The molecular weight excluding hydrogens is 765 g/mol. The van der Waals surface area contributed by atoms with E-state index in [1.807, 2.05) is 0 Å². The predicted octanol–water partition coefficient (Wildman–Crippen LogP) is 13.4. The molecule has 0 spiro atoms. The van der Waals surface area contributed by atoms with Crippen molar-refractivity contribution < 1.29 is 4.42 Å². The van der Waals surface area contributed by atoms with Crippen LogP contribution >= 0.6 is 0 Å². The third-order valence-corrected chi connectivity index (χ3v) is 17.8. The fourth-order valence-corrected chi connectivity index (χ4v) is 15.3. The number of benzene rings is 11. The molecule has 0 aliphatic carbocycles. The Morgan fingerprint density at radius 2 is 0.742 bits per heavy atom. The van der Waals surface area contributed by atoms with Crippen LogP contribution in [0.4, 0.5) is 0 Å². The summed E-state index contributed by atoms with van der Waals surface area (Å²) in [5, 5.41) is 15.1. The molecule has 1 heterocycles. The van der Waals surface area contributed by atoms with Crippen LogP contribution in [0.15, 0.2) is 247 Å². The monoisotopic (exact) mass is 804 g/mol. The quantitative estimate of drug-likeness (QED) is 0.0888. The van der Waals surface area contributed by atoms with Gasteiger partial charge in [0.25, 0.3) is 0 Å². The molecule has 0 saturated heterocycles. The highest BCUT2D eigenvalue weighted by Gasteiger charge is 2.43. The molecule has 11 aromatic carbocycles. The summed E-state index contributed by atoms with van der Waals surface area (Å²) in [5.41, 5.74) is 9.08. The average molecular weight is 805 g/mol. The van der Waals surface area contributed by atoms with Crippen molar-refractivity contribution in [3.8, 4) is 33.4 Å². The highest BCUT2D eigenvalue weighted by molar-refractivity contribution is 7.20. The first-order valence-corrected chi connectivity index (χ1v) is 23.4. The zero-order chi connectivity index (χ0) is 41.0. The molecule has 0 atom stereocenters. The summed E-state index contributed by atoms with van der Waals surface area (Å²) in [4.78, 5) is 0. The Morgan fingerprint density at radius 3 is 1.32 bits per heavy atom. The second kappa shape index (κ2) is 14.7. The molecule has 0 amide bonds. The lowest BCUT2D eigenvalue weighted by Gasteiger charge is -2.35. The van der Waals surface area contributed by atoms with Crippen molar-refractivity contribution in [1.29, 1.82) is 0 Å². The minimum Gasteiger partial charge on any atom is -0.456 e. The van der Waals surface area contributed by atoms with E-state index < -0.39 is 8.07 Å². The second-order valence-corrected chi connectivity index (χ2v) is 20.1. The zero-order valence-corrected chi connectivity index (χ0v) is 35.0. The summed E-state index contributed by atoms with van der Waals surface area (Å²) in [6.45, 7) is 0. The highest BCUT2D eigenvalue weighted by Crippen LogP contribution is 2.47. The zero-order valence-electron chi connectivity index (χ0n) is 34.0. The molecule has 1 nitrogen and oxygen atoms in total. The molecule has 12 aromatic rings. The van der Waals surface area contributed by atoms with E-state index in [2.05, 4.69) is 243 Å². The van der Waals surface area contributed by atoms with E-state index in [-0.39, 0.29) is 0 Å². The van der Waals surface area contributed by atoms with Crippen LogP contribution in [0, 0.1) is 0 Å². The van der Waals surface area contributed by atoms with Crippen molar-refractivity contribution in [2.75, 3.05) is 0 Å². The van der Waals surface area contributed by atoms with Crippen molar-refractivity contribution in [1.82, 2.24) is 0 Å². The van der Waals surface area contributed by atoms with E-state index >= 15 is 0 Å². The van der Waals surface area contributed by atoms with Crippen LogP contribution in [0.5, 0.6) is 0 Å². The van der Waals surface area contributed by atoms with E-state index in [9.17, 15) is 0 Å². The van der Waals surface area contributed by atoms with Gasteiger partial charge in [-0.2, -0.15) is 0 Å². The number of furan rings is 1. The van der Waals surface area contributed by atoms with E-state index in [1.54, 1.807) is 0 Å². The first kappa shape index (κ1) is 36.1. The van der Waals surface area contributed by atoms with Gasteiger partial charge in [0.1, 0.15) is 11.2 Å². The van der Waals surface area contributed by atoms with Gasteiger partial charge in [0.2, 0.25) is 0 Å². The Labute approximate surface area is 361 Å². The topological polar surface area (TPSA) is 13.1 Å². The van der Waals surface area contributed by atoms with Crippen LogP contribution in [0.2, 0.25) is 0 Å². The SMILES string of the molecule is c1ccc([Si](c2ccccc2)(c2ccccc2)c2cccc3oc4cccc(-c5c6ccccc6c(-c6ccc(-c7ccc8ccccc8c7)cc6)c6ccccc56)c4c23)cc1. The fraction of sp³-hybridized carbons (Fsp3) is 0. The first-order valence-electron chi connectivity index (χ1n) is 21.4. The summed E-state index contributed by atoms with van der Waals surface area (Å²) in [6, 6.07) is 89.3. The van der Waals surface area contributed by atoms with E-state index in [1.165, 1.54) is 91.8 Å². The molecule has 0 fully saturated rings. The van der Waals surface area contributed by atoms with Gasteiger partial charge in [0.15, 0.2) is 8.07 Å². The maximum absolute atomic E-state index is 6.97. The molecule has 290 valence electrons. The number of fused-ring (bicyclic) bond motifs is 6. The molecule has 0 unspecified atom stereocenters. The lowest BCUT2D eigenvalue weighted by atomic mass is 9.84. The summed E-state index contributed by atoms with van der Waals surface area (Å²) < 4.78 is 6.97. The summed E-state index contributed by atoms with van der Waals surface area (Å²) >= 11 is 0. The van der Waals surface area contributed by atoms with Gasteiger partial charge in [-0.05, 0) is 105 Å². The fourth-order valence-electron chi connectivity index (χ4n) is 10.3. The Hall–Kier alpha value is -7.78. The standard InChI is InChI=1S/C60H40OSi/c1-4-20-46(21-5-1)62(47-22-6-2-7-23-47,48-24-8-3-9-25-48)56-33-17-32-55-60(56)59-53(30-16-31-54(59)61-55)58-51-28-14-12-26-49(51)57(50-27-13-15-29-52(50)58)43-37-34-42(35-38-43)45-39-36-41-18-10-11-19-44(41)40-45/h1-40H. The van der Waals surface area contributed by atoms with Gasteiger partial charge in [0.05, 0.1) is 0 Å². The van der Waals surface area contributed by atoms with E-state index in [4.69, 9.17) is 4.42 Å². The number of hydrogen-bond acceptors (Lipinski definition) is 1. The third kappa shape index (κ3) is 5.61. The van der Waals surface area contributed by atoms with Crippen LogP contribution in [0.3, 0.4) is 0 Å². The van der Waals surface area contributed by atoms with Crippen molar-refractivity contribution in [2.24, 2.45) is 0 Å². The second-order valence-electron chi connectivity index (χ2n) is 16.3. The predicted molar refractivity (Wildman–Crippen MR) is 266 cm³/mol. The molecule has 0 radical (unpaired) electrons. The molecule has 0 aliphatic rings. The van der Waals surface area contributed by atoms with Gasteiger partial charge in [-0.3, -0.25) is 0 Å². The van der Waals surface area contributed by atoms with Crippen molar-refractivity contribution >= 4 is 83.1 Å². The van der Waals surface area contributed by atoms with Crippen molar-refractivity contribution in [2.45, 2.75) is 0 Å². The van der Waals surface area contributed by atoms with Gasteiger partial charge in [-0.15, -0.1) is 0 Å². The molecule has 1 aromatic heterocycles. The summed E-state index contributed by atoms with van der Waals surface area (Å²) in [6.07, 6.45) is 0. The maximum atomic E-state index is 6.97. The maximum Gasteiger partial charge on any atom is 0.180 e. The summed E-state index contributed by atoms with van der Waals surface area (Å²) in [7, 11) is -2.93. The van der Waals surface area contributed by atoms with Crippen LogP contribution in [0.1, 0.15) is 0 Å². The van der Waals surface area contributed by atoms with Gasteiger partial charge in [-0.25, -0.2) is 0 Å². The molecule has 0 N–H and O–H groups in total. The van der Waals surface area contributed by atoms with Gasteiger partial charge in [0, 0.05) is 10.8 Å². The van der Waals surface area contributed by atoms with Crippen LogP contribution in [-0.2, 0) is 0 Å². The van der Waals surface area contributed by atoms with Crippen LogP contribution < -0.4 is 20.7 Å². The minimum absolute atomic E-state index is 0.892.